The predicted octanol–water partition coefficient (Wildman–Crippen LogP) is 6.87. The highest BCUT2D eigenvalue weighted by atomic mass is 19.1. The fourth-order valence-corrected chi connectivity index (χ4v) is 5.32. The molecule has 3 aromatic carbocycles. The van der Waals surface area contributed by atoms with E-state index < -0.39 is 0 Å². The third kappa shape index (κ3) is 4.77. The number of hydrogen-bond donors (Lipinski definition) is 0. The number of rotatable bonds is 7. The van der Waals surface area contributed by atoms with Crippen LogP contribution in [-0.2, 0) is 16.0 Å². The van der Waals surface area contributed by atoms with Crippen LogP contribution in [0.2, 0.25) is 0 Å². The Morgan fingerprint density at radius 2 is 1.77 bits per heavy atom. The lowest BCUT2D eigenvalue weighted by Gasteiger charge is -2.29. The van der Waals surface area contributed by atoms with Crippen molar-refractivity contribution in [3.63, 3.8) is 0 Å². The third-order valence-electron chi connectivity index (χ3n) is 7.43. The summed E-state index contributed by atoms with van der Waals surface area (Å²) in [4.78, 5) is 12.3. The summed E-state index contributed by atoms with van der Waals surface area (Å²) in [6.07, 6.45) is 4.02. The maximum Gasteiger partial charge on any atom is 0.309 e. The van der Waals surface area contributed by atoms with Crippen LogP contribution in [0.3, 0.4) is 0 Å². The smallest absolute Gasteiger partial charge is 0.309 e. The van der Waals surface area contributed by atoms with Crippen LogP contribution in [0.15, 0.2) is 60.7 Å². The van der Waals surface area contributed by atoms with Crippen LogP contribution in [0.4, 0.5) is 4.39 Å². The molecule has 0 saturated heterocycles. The summed E-state index contributed by atoms with van der Waals surface area (Å²) < 4.78 is 31.2. The van der Waals surface area contributed by atoms with Crippen molar-refractivity contribution in [2.45, 2.75) is 44.6 Å². The average Bonchev–Trinajstić information content (AvgIpc) is 3.73. The Bertz CT molecular complexity index is 1220. The summed E-state index contributed by atoms with van der Waals surface area (Å²) in [7, 11) is 3.03. The second-order valence-corrected chi connectivity index (χ2v) is 9.66. The molecular weight excluding hydrogens is 443 g/mol. The predicted molar refractivity (Wildman–Crippen MR) is 133 cm³/mol. The molecule has 1 fully saturated rings. The number of esters is 1. The minimum Gasteiger partial charge on any atom is -0.497 e. The van der Waals surface area contributed by atoms with Crippen molar-refractivity contribution in [2.24, 2.45) is 11.8 Å². The zero-order chi connectivity index (χ0) is 24.5. The van der Waals surface area contributed by atoms with Crippen LogP contribution >= 0.6 is 0 Å². The Morgan fingerprint density at radius 1 is 1.00 bits per heavy atom. The molecule has 182 valence electrons. The molecule has 1 aliphatic carbocycles. The van der Waals surface area contributed by atoms with Gasteiger partial charge in [-0.1, -0.05) is 43.3 Å². The van der Waals surface area contributed by atoms with E-state index in [0.29, 0.717) is 17.2 Å². The van der Waals surface area contributed by atoms with E-state index in [-0.39, 0.29) is 29.7 Å². The van der Waals surface area contributed by atoms with Crippen LogP contribution in [0.1, 0.15) is 54.9 Å². The van der Waals surface area contributed by atoms with Gasteiger partial charge < -0.3 is 14.2 Å². The summed E-state index contributed by atoms with van der Waals surface area (Å²) in [6.45, 7) is 1.96. The van der Waals surface area contributed by atoms with Gasteiger partial charge in [-0.3, -0.25) is 4.79 Å². The molecule has 3 atom stereocenters. The molecule has 3 unspecified atom stereocenters. The summed E-state index contributed by atoms with van der Waals surface area (Å²) in [5.41, 5.74) is 4.72. The van der Waals surface area contributed by atoms with Gasteiger partial charge >= 0.3 is 5.97 Å². The Morgan fingerprint density at radius 3 is 2.46 bits per heavy atom. The zero-order valence-corrected chi connectivity index (χ0v) is 20.4. The minimum atomic E-state index is -0.277. The van der Waals surface area contributed by atoms with E-state index in [4.69, 9.17) is 14.2 Å². The molecule has 3 aromatic rings. The second kappa shape index (κ2) is 9.73. The second-order valence-electron chi connectivity index (χ2n) is 9.66. The monoisotopic (exact) mass is 474 g/mol. The number of halogens is 1. The first-order valence-corrected chi connectivity index (χ1v) is 12.3. The number of carbonyl (C=O) groups is 1. The number of aryl methyl sites for hydroxylation is 1. The van der Waals surface area contributed by atoms with Gasteiger partial charge in [0.05, 0.1) is 20.1 Å². The molecule has 4 nitrogen and oxygen atoms in total. The fraction of sp³-hybridized carbons (Fsp3) is 0.367. The van der Waals surface area contributed by atoms with Crippen LogP contribution in [0.25, 0.3) is 11.1 Å². The SMILES string of the molecule is COC(=O)C(C)C(c1ccc2c(c1)OC(c1ccc(-c3cc(OC)ccc3F)cc1)CC2)C1CC1. The first-order valence-electron chi connectivity index (χ1n) is 12.3. The van der Waals surface area contributed by atoms with Gasteiger partial charge in [-0.25, -0.2) is 4.39 Å². The number of fused-ring (bicyclic) bond motifs is 1. The normalized spacial score (nSPS) is 18.7. The number of hydrogen-bond acceptors (Lipinski definition) is 4. The third-order valence-corrected chi connectivity index (χ3v) is 7.43. The molecule has 0 bridgehead atoms. The standard InChI is InChI=1S/C30H31FO4/c1-18(30(32)34-3)29(22-9-10-22)23-11-8-21-12-15-27(35-28(21)16-23)20-6-4-19(5-7-20)25-17-24(33-2)13-14-26(25)31/h4-8,11,13-14,16-18,22,27,29H,9-10,12,15H2,1-3H3. The van der Waals surface area contributed by atoms with Gasteiger partial charge in [-0.05, 0) is 84.0 Å². The van der Waals surface area contributed by atoms with Crippen molar-refractivity contribution in [1.29, 1.82) is 0 Å². The van der Waals surface area contributed by atoms with E-state index in [1.807, 2.05) is 31.2 Å². The Balaban J connectivity index is 1.37. The zero-order valence-electron chi connectivity index (χ0n) is 20.4. The lowest BCUT2D eigenvalue weighted by atomic mass is 9.82. The Hall–Kier alpha value is -3.34. The molecule has 1 aliphatic heterocycles. The Kier molecular flexibility index (Phi) is 6.50. The van der Waals surface area contributed by atoms with Gasteiger partial charge in [0, 0.05) is 5.56 Å². The number of methoxy groups -OCH3 is 2. The molecule has 2 aliphatic rings. The van der Waals surface area contributed by atoms with Gasteiger partial charge in [0.2, 0.25) is 0 Å². The minimum absolute atomic E-state index is 0.0700. The van der Waals surface area contributed by atoms with Crippen molar-refractivity contribution in [2.75, 3.05) is 14.2 Å². The van der Waals surface area contributed by atoms with Crippen molar-refractivity contribution < 1.29 is 23.4 Å². The highest BCUT2D eigenvalue weighted by Gasteiger charge is 2.39. The van der Waals surface area contributed by atoms with Crippen molar-refractivity contribution in [1.82, 2.24) is 0 Å². The van der Waals surface area contributed by atoms with Crippen molar-refractivity contribution in [3.05, 3.63) is 83.2 Å². The molecule has 1 saturated carbocycles. The molecule has 0 N–H and O–H groups in total. The van der Waals surface area contributed by atoms with Crippen molar-refractivity contribution >= 4 is 5.97 Å². The van der Waals surface area contributed by atoms with Gasteiger partial charge in [-0.15, -0.1) is 0 Å². The first kappa shape index (κ1) is 23.4. The lowest BCUT2D eigenvalue weighted by molar-refractivity contribution is -0.145. The molecular formula is C30H31FO4. The summed E-state index contributed by atoms with van der Waals surface area (Å²) in [6, 6.07) is 19.1. The molecule has 1 heterocycles. The van der Waals surface area contributed by atoms with E-state index in [1.165, 1.54) is 18.7 Å². The van der Waals surface area contributed by atoms with Crippen LogP contribution in [0, 0.1) is 17.7 Å². The van der Waals surface area contributed by atoms with E-state index in [0.717, 1.165) is 48.1 Å². The number of ether oxygens (including phenoxy) is 3. The van der Waals surface area contributed by atoms with Gasteiger partial charge in [0.1, 0.15) is 23.4 Å². The largest absolute Gasteiger partial charge is 0.497 e. The lowest BCUT2D eigenvalue weighted by Crippen LogP contribution is -2.23. The van der Waals surface area contributed by atoms with Crippen LogP contribution < -0.4 is 9.47 Å². The van der Waals surface area contributed by atoms with E-state index in [9.17, 15) is 9.18 Å². The fourth-order valence-electron chi connectivity index (χ4n) is 5.32. The molecule has 0 amide bonds. The number of benzene rings is 3. The highest BCUT2D eigenvalue weighted by molar-refractivity contribution is 5.73. The van der Waals surface area contributed by atoms with Crippen molar-refractivity contribution in [3.8, 4) is 22.6 Å². The van der Waals surface area contributed by atoms with E-state index in [2.05, 4.69) is 18.2 Å². The quantitative estimate of drug-likeness (QED) is 0.351. The molecule has 0 radical (unpaired) electrons. The molecule has 5 heteroatoms. The maximum absolute atomic E-state index is 14.4. The number of carbonyl (C=O) groups excluding carboxylic acids is 1. The van der Waals surface area contributed by atoms with Gasteiger partial charge in [0.25, 0.3) is 0 Å². The molecule has 0 spiro atoms. The Labute approximate surface area is 206 Å². The van der Waals surface area contributed by atoms with E-state index >= 15 is 0 Å². The van der Waals surface area contributed by atoms with Gasteiger partial charge in [-0.2, -0.15) is 0 Å². The topological polar surface area (TPSA) is 44.8 Å². The highest BCUT2D eigenvalue weighted by Crippen LogP contribution is 2.48. The average molecular weight is 475 g/mol. The van der Waals surface area contributed by atoms with Crippen LogP contribution in [0.5, 0.6) is 11.5 Å². The van der Waals surface area contributed by atoms with E-state index in [1.54, 1.807) is 19.2 Å². The summed E-state index contributed by atoms with van der Waals surface area (Å²) >= 11 is 0. The van der Waals surface area contributed by atoms with Gasteiger partial charge in [0.15, 0.2) is 0 Å². The summed E-state index contributed by atoms with van der Waals surface area (Å²) in [5, 5.41) is 0. The molecule has 0 aromatic heterocycles. The molecule has 5 rings (SSSR count). The molecule has 35 heavy (non-hydrogen) atoms. The first-order chi connectivity index (χ1) is 17.0. The van der Waals surface area contributed by atoms with Crippen LogP contribution in [-0.4, -0.2) is 20.2 Å². The summed E-state index contributed by atoms with van der Waals surface area (Å²) in [5.74, 6) is 1.56. The maximum atomic E-state index is 14.4.